The van der Waals surface area contributed by atoms with Crippen LogP contribution in [0.3, 0.4) is 0 Å². The van der Waals surface area contributed by atoms with Crippen molar-refractivity contribution in [2.75, 3.05) is 33.0 Å². The highest BCUT2D eigenvalue weighted by molar-refractivity contribution is 5.69. The Labute approximate surface area is 321 Å². The van der Waals surface area contributed by atoms with Gasteiger partial charge in [-0.15, -0.1) is 0 Å². The maximum atomic E-state index is 12.6. The first-order chi connectivity index (χ1) is 26.1. The number of esters is 1. The van der Waals surface area contributed by atoms with Gasteiger partial charge in [-0.05, 0) is 44.9 Å². The summed E-state index contributed by atoms with van der Waals surface area (Å²) in [4.78, 5) is 12.6. The molecule has 0 bridgehead atoms. The van der Waals surface area contributed by atoms with E-state index >= 15 is 0 Å². The second-order valence-corrected chi connectivity index (χ2v) is 14.1. The molecule has 7 N–H and O–H groups in total. The van der Waals surface area contributed by atoms with Crippen LogP contribution in [-0.2, 0) is 33.2 Å². The summed E-state index contributed by atoms with van der Waals surface area (Å²) in [6.07, 6.45) is 11.5. The summed E-state index contributed by atoms with van der Waals surface area (Å²) < 4.78 is 33.8. The van der Waals surface area contributed by atoms with Gasteiger partial charge in [0.05, 0.1) is 26.4 Å². The molecule has 2 heterocycles. The Morgan fingerprint density at radius 3 is 1.87 bits per heavy atom. The van der Waals surface area contributed by atoms with Crippen LogP contribution in [0.4, 0.5) is 0 Å². The molecule has 314 valence electrons. The molecule has 14 nitrogen and oxygen atoms in total. The third-order valence-electron chi connectivity index (χ3n) is 9.41. The Morgan fingerprint density at radius 1 is 0.630 bits per heavy atom. The van der Waals surface area contributed by atoms with E-state index in [0.29, 0.717) is 13.0 Å². The Hall–Kier alpha value is -1.79. The molecule has 0 aromatic rings. The van der Waals surface area contributed by atoms with E-state index in [9.17, 15) is 40.5 Å². The van der Waals surface area contributed by atoms with Crippen molar-refractivity contribution in [3.63, 3.8) is 0 Å². The lowest BCUT2D eigenvalue weighted by Gasteiger charge is -2.42. The number of aliphatic hydroxyl groups excluding tert-OH is 7. The predicted octanol–water partition coefficient (Wildman–Crippen LogP) is 3.12. The molecule has 11 atom stereocenters. The molecule has 0 spiro atoms. The molecular weight excluding hydrogens is 704 g/mol. The SMILES string of the molecule is CC/C=C\C/C=C\C/C=C\CCCCCCCCOCC(COC1OC(COC2OC(CO)C(O)C(O)C2O)C(O)C(O)C1O)OC(=O)CCCCCC. The number of rotatable bonds is 29. The number of aliphatic hydroxyl groups is 7. The quantitative estimate of drug-likeness (QED) is 0.0331. The maximum Gasteiger partial charge on any atom is 0.306 e. The first kappa shape index (κ1) is 48.4. The highest BCUT2D eigenvalue weighted by atomic mass is 16.7. The van der Waals surface area contributed by atoms with Crippen LogP contribution in [0, 0.1) is 0 Å². The van der Waals surface area contributed by atoms with Gasteiger partial charge in [0.1, 0.15) is 54.9 Å². The third-order valence-corrected chi connectivity index (χ3v) is 9.41. The molecular formula is C40H70O14. The van der Waals surface area contributed by atoms with Crippen molar-refractivity contribution in [1.82, 2.24) is 0 Å². The Kier molecular flexibility index (Phi) is 26.4. The van der Waals surface area contributed by atoms with Crippen LogP contribution in [0.15, 0.2) is 36.5 Å². The average Bonchev–Trinajstić information content (AvgIpc) is 3.17. The van der Waals surface area contributed by atoms with Gasteiger partial charge in [0.2, 0.25) is 0 Å². The van der Waals surface area contributed by atoms with Crippen LogP contribution in [-0.4, -0.2) is 142 Å². The second kappa shape index (κ2) is 29.5. The van der Waals surface area contributed by atoms with Gasteiger partial charge in [0.25, 0.3) is 0 Å². The van der Waals surface area contributed by atoms with Crippen LogP contribution in [0.2, 0.25) is 0 Å². The lowest BCUT2D eigenvalue weighted by molar-refractivity contribution is -0.332. The van der Waals surface area contributed by atoms with Crippen LogP contribution in [0.25, 0.3) is 0 Å². The van der Waals surface area contributed by atoms with Crippen molar-refractivity contribution in [3.8, 4) is 0 Å². The van der Waals surface area contributed by atoms with Crippen LogP contribution in [0.1, 0.15) is 110 Å². The molecule has 0 aliphatic carbocycles. The van der Waals surface area contributed by atoms with Gasteiger partial charge in [-0.2, -0.15) is 0 Å². The Morgan fingerprint density at radius 2 is 1.20 bits per heavy atom. The molecule has 0 amide bonds. The van der Waals surface area contributed by atoms with Gasteiger partial charge in [0.15, 0.2) is 12.6 Å². The number of carbonyl (C=O) groups is 1. The van der Waals surface area contributed by atoms with Gasteiger partial charge >= 0.3 is 5.97 Å². The molecule has 54 heavy (non-hydrogen) atoms. The number of allylic oxidation sites excluding steroid dienone is 6. The zero-order chi connectivity index (χ0) is 39.6. The predicted molar refractivity (Wildman–Crippen MR) is 201 cm³/mol. The second-order valence-electron chi connectivity index (χ2n) is 14.1. The van der Waals surface area contributed by atoms with Crippen LogP contribution in [0.5, 0.6) is 0 Å². The molecule has 11 unspecified atom stereocenters. The van der Waals surface area contributed by atoms with E-state index in [1.165, 1.54) is 12.8 Å². The number of ether oxygens (including phenoxy) is 6. The van der Waals surface area contributed by atoms with E-state index in [2.05, 4.69) is 50.3 Å². The normalized spacial score (nSPS) is 29.8. The summed E-state index contributed by atoms with van der Waals surface area (Å²) in [6.45, 7) is 3.37. The first-order valence-electron chi connectivity index (χ1n) is 20.1. The maximum absolute atomic E-state index is 12.6. The van der Waals surface area contributed by atoms with Crippen LogP contribution < -0.4 is 0 Å². The summed E-state index contributed by atoms with van der Waals surface area (Å²) in [5, 5.41) is 71.4. The topological polar surface area (TPSA) is 214 Å². The van der Waals surface area contributed by atoms with E-state index < -0.39 is 86.7 Å². The monoisotopic (exact) mass is 774 g/mol. The first-order valence-corrected chi connectivity index (χ1v) is 20.1. The highest BCUT2D eigenvalue weighted by Gasteiger charge is 2.47. The van der Waals surface area contributed by atoms with E-state index in [1.807, 2.05) is 0 Å². The fourth-order valence-electron chi connectivity index (χ4n) is 6.06. The lowest BCUT2D eigenvalue weighted by Crippen LogP contribution is -2.61. The van der Waals surface area contributed by atoms with E-state index in [-0.39, 0.29) is 19.6 Å². The Balaban J connectivity index is 1.77. The van der Waals surface area contributed by atoms with Gasteiger partial charge in [0, 0.05) is 13.0 Å². The molecule has 0 saturated carbocycles. The molecule has 2 rings (SSSR count). The zero-order valence-corrected chi connectivity index (χ0v) is 32.4. The molecule has 0 radical (unpaired) electrons. The highest BCUT2D eigenvalue weighted by Crippen LogP contribution is 2.26. The smallest absolute Gasteiger partial charge is 0.306 e. The van der Waals surface area contributed by atoms with Crippen molar-refractivity contribution < 1.29 is 69.0 Å². The molecule has 2 aliphatic rings. The largest absolute Gasteiger partial charge is 0.457 e. The molecule has 2 saturated heterocycles. The summed E-state index contributed by atoms with van der Waals surface area (Å²) in [6, 6.07) is 0. The summed E-state index contributed by atoms with van der Waals surface area (Å²) in [7, 11) is 0. The van der Waals surface area contributed by atoms with E-state index in [4.69, 9.17) is 28.4 Å². The van der Waals surface area contributed by atoms with Gasteiger partial charge in [-0.3, -0.25) is 4.79 Å². The molecule has 2 aliphatic heterocycles. The van der Waals surface area contributed by atoms with E-state index in [0.717, 1.165) is 70.6 Å². The van der Waals surface area contributed by atoms with Crippen molar-refractivity contribution in [2.45, 2.75) is 178 Å². The fraction of sp³-hybridized carbons (Fsp3) is 0.825. The molecule has 14 heteroatoms. The summed E-state index contributed by atoms with van der Waals surface area (Å²) in [5.74, 6) is -0.402. The van der Waals surface area contributed by atoms with Gasteiger partial charge in [-0.25, -0.2) is 0 Å². The molecule has 0 aromatic heterocycles. The number of unbranched alkanes of at least 4 members (excludes halogenated alkanes) is 9. The van der Waals surface area contributed by atoms with Crippen molar-refractivity contribution in [1.29, 1.82) is 0 Å². The minimum atomic E-state index is -1.70. The van der Waals surface area contributed by atoms with Crippen molar-refractivity contribution >= 4 is 5.97 Å². The fourth-order valence-corrected chi connectivity index (χ4v) is 6.06. The van der Waals surface area contributed by atoms with E-state index in [1.54, 1.807) is 0 Å². The lowest BCUT2D eigenvalue weighted by atomic mass is 9.98. The molecule has 0 aromatic carbocycles. The van der Waals surface area contributed by atoms with Crippen molar-refractivity contribution in [2.24, 2.45) is 0 Å². The van der Waals surface area contributed by atoms with Gasteiger partial charge < -0.3 is 64.2 Å². The van der Waals surface area contributed by atoms with Gasteiger partial charge in [-0.1, -0.05) is 95.2 Å². The standard InChI is InChI=1S/C40H70O14/c1-3-5-7-9-10-11-12-13-14-15-16-17-18-19-20-22-24-49-26-29(52-32(42)23-21-8-6-4-2)27-50-39-38(48)36(46)34(44)31(54-39)28-51-40-37(47)35(45)33(43)30(25-41)53-40/h5,7,10-11,13-14,29-31,33-41,43-48H,3-4,6,8-9,12,15-28H2,1-2H3/b7-5-,11-10-,14-13-. The summed E-state index contributed by atoms with van der Waals surface area (Å²) in [5.41, 5.74) is 0. The molecule has 2 fully saturated rings. The van der Waals surface area contributed by atoms with Crippen molar-refractivity contribution in [3.05, 3.63) is 36.5 Å². The average molecular weight is 775 g/mol. The van der Waals surface area contributed by atoms with Crippen LogP contribution >= 0.6 is 0 Å². The number of carbonyl (C=O) groups excluding carboxylic acids is 1. The number of hydrogen-bond donors (Lipinski definition) is 7. The number of hydrogen-bond acceptors (Lipinski definition) is 14. The zero-order valence-electron chi connectivity index (χ0n) is 32.4. The minimum absolute atomic E-state index is 0.0509. The Bertz CT molecular complexity index is 1040. The minimum Gasteiger partial charge on any atom is -0.457 e. The summed E-state index contributed by atoms with van der Waals surface area (Å²) >= 11 is 0. The third kappa shape index (κ3) is 18.9.